The zero-order valence-electron chi connectivity index (χ0n) is 11.6. The monoisotopic (exact) mass is 301 g/mol. The molecule has 21 heavy (non-hydrogen) atoms. The molecule has 1 saturated heterocycles. The van der Waals surface area contributed by atoms with Gasteiger partial charge >= 0.3 is 0 Å². The molecule has 1 aliphatic rings. The Hall–Kier alpha value is -1.91. The first-order chi connectivity index (χ1) is 10.3. The van der Waals surface area contributed by atoms with Gasteiger partial charge in [0.25, 0.3) is 0 Å². The molecule has 0 amide bonds. The smallest absolute Gasteiger partial charge is 0.225 e. The summed E-state index contributed by atoms with van der Waals surface area (Å²) in [6, 6.07) is 9.60. The highest BCUT2D eigenvalue weighted by Gasteiger charge is 2.13. The van der Waals surface area contributed by atoms with Gasteiger partial charge < -0.3 is 9.64 Å². The molecule has 2 heterocycles. The number of rotatable bonds is 3. The van der Waals surface area contributed by atoms with Crippen LogP contribution in [0.2, 0.25) is 5.02 Å². The average Bonchev–Trinajstić information content (AvgIpc) is 2.55. The highest BCUT2D eigenvalue weighted by atomic mass is 35.5. The summed E-state index contributed by atoms with van der Waals surface area (Å²) in [4.78, 5) is 11.1. The van der Waals surface area contributed by atoms with Crippen molar-refractivity contribution in [3.05, 3.63) is 52.8 Å². The van der Waals surface area contributed by atoms with Crippen LogP contribution in [0.1, 0.15) is 11.3 Å². The highest BCUT2D eigenvalue weighted by molar-refractivity contribution is 6.30. The van der Waals surface area contributed by atoms with E-state index in [1.54, 1.807) is 6.20 Å². The Balaban J connectivity index is 1.74. The van der Waals surface area contributed by atoms with E-state index in [9.17, 15) is 0 Å². The van der Waals surface area contributed by atoms with Crippen molar-refractivity contribution in [3.8, 4) is 0 Å². The van der Waals surface area contributed by atoms with E-state index in [2.05, 4.69) is 14.9 Å². The first-order valence-corrected chi connectivity index (χ1v) is 7.28. The predicted octanol–water partition coefficient (Wildman–Crippen LogP) is 3.14. The Labute approximate surface area is 129 Å². The van der Waals surface area contributed by atoms with Gasteiger partial charge in [0.05, 0.1) is 18.9 Å². The Morgan fingerprint density at radius 3 is 2.57 bits per heavy atom. The minimum Gasteiger partial charge on any atom is -0.378 e. The van der Waals surface area contributed by atoms with Crippen molar-refractivity contribution < 1.29 is 4.74 Å². The van der Waals surface area contributed by atoms with Crippen molar-refractivity contribution in [2.75, 3.05) is 31.2 Å². The Bertz CT molecular complexity index is 622. The molecule has 0 aliphatic carbocycles. The standard InChI is InChI=1S/C16H16ClN3O/c17-14-4-1-13(2-5-14)3-6-15-7-8-18-16(19-15)20-9-11-21-12-10-20/h1-8H,9-12H2/b6-3+. The first kappa shape index (κ1) is 14.0. The third-order valence-corrected chi connectivity index (χ3v) is 3.53. The topological polar surface area (TPSA) is 38.2 Å². The maximum Gasteiger partial charge on any atom is 0.225 e. The van der Waals surface area contributed by atoms with Crippen molar-refractivity contribution in [3.63, 3.8) is 0 Å². The lowest BCUT2D eigenvalue weighted by atomic mass is 10.2. The second-order valence-electron chi connectivity index (χ2n) is 4.77. The summed E-state index contributed by atoms with van der Waals surface area (Å²) >= 11 is 5.88. The maximum atomic E-state index is 5.88. The summed E-state index contributed by atoms with van der Waals surface area (Å²) in [6.07, 6.45) is 5.79. The van der Waals surface area contributed by atoms with E-state index in [4.69, 9.17) is 16.3 Å². The molecular weight excluding hydrogens is 286 g/mol. The van der Waals surface area contributed by atoms with Gasteiger partial charge in [-0.05, 0) is 29.8 Å². The maximum absolute atomic E-state index is 5.88. The van der Waals surface area contributed by atoms with Crippen LogP contribution in [0.4, 0.5) is 5.95 Å². The molecule has 0 bridgehead atoms. The molecule has 1 aliphatic heterocycles. The van der Waals surface area contributed by atoms with Crippen LogP contribution in [0.15, 0.2) is 36.5 Å². The van der Waals surface area contributed by atoms with Crippen molar-refractivity contribution >= 4 is 29.7 Å². The third-order valence-electron chi connectivity index (χ3n) is 3.27. The summed E-state index contributed by atoms with van der Waals surface area (Å²) in [5, 5.41) is 0.740. The number of aromatic nitrogens is 2. The van der Waals surface area contributed by atoms with Gasteiger partial charge in [-0.3, -0.25) is 0 Å². The minimum absolute atomic E-state index is 0.730. The zero-order valence-corrected chi connectivity index (χ0v) is 12.3. The molecule has 2 aromatic rings. The Kier molecular flexibility index (Phi) is 4.48. The van der Waals surface area contributed by atoms with E-state index in [1.807, 2.05) is 42.5 Å². The summed E-state index contributed by atoms with van der Waals surface area (Å²) in [7, 11) is 0. The zero-order chi connectivity index (χ0) is 14.5. The van der Waals surface area contributed by atoms with Gasteiger partial charge in [-0.25, -0.2) is 9.97 Å². The summed E-state index contributed by atoms with van der Waals surface area (Å²) in [5.41, 5.74) is 1.98. The molecule has 0 radical (unpaired) electrons. The van der Waals surface area contributed by atoms with Crippen LogP contribution in [0.25, 0.3) is 12.2 Å². The first-order valence-electron chi connectivity index (χ1n) is 6.91. The molecule has 0 N–H and O–H groups in total. The second-order valence-corrected chi connectivity index (χ2v) is 5.20. The predicted molar refractivity (Wildman–Crippen MR) is 85.4 cm³/mol. The summed E-state index contributed by atoms with van der Waals surface area (Å²) < 4.78 is 5.34. The van der Waals surface area contributed by atoms with Crippen molar-refractivity contribution in [1.82, 2.24) is 9.97 Å². The van der Waals surface area contributed by atoms with E-state index < -0.39 is 0 Å². The molecule has 5 heteroatoms. The molecule has 0 saturated carbocycles. The molecular formula is C16H16ClN3O. The van der Waals surface area contributed by atoms with E-state index in [-0.39, 0.29) is 0 Å². The highest BCUT2D eigenvalue weighted by Crippen LogP contribution is 2.14. The minimum atomic E-state index is 0.730. The fourth-order valence-electron chi connectivity index (χ4n) is 2.13. The fraction of sp³-hybridized carbons (Fsp3) is 0.250. The lowest BCUT2D eigenvalue weighted by molar-refractivity contribution is 0.122. The van der Waals surface area contributed by atoms with Gasteiger partial charge in [0.1, 0.15) is 0 Å². The van der Waals surface area contributed by atoms with Crippen LogP contribution in [-0.2, 0) is 4.74 Å². The molecule has 0 unspecified atom stereocenters. The number of hydrogen-bond donors (Lipinski definition) is 0. The SMILES string of the molecule is Clc1ccc(/C=C/c2ccnc(N3CCOCC3)n2)cc1. The average molecular weight is 302 g/mol. The molecule has 4 nitrogen and oxygen atoms in total. The molecule has 1 fully saturated rings. The Morgan fingerprint density at radius 1 is 1.05 bits per heavy atom. The van der Waals surface area contributed by atoms with Crippen LogP contribution in [0, 0.1) is 0 Å². The van der Waals surface area contributed by atoms with Gasteiger partial charge in [0.2, 0.25) is 5.95 Å². The van der Waals surface area contributed by atoms with Gasteiger partial charge in [-0.15, -0.1) is 0 Å². The van der Waals surface area contributed by atoms with E-state index in [0.717, 1.165) is 48.5 Å². The largest absolute Gasteiger partial charge is 0.378 e. The van der Waals surface area contributed by atoms with Gasteiger partial charge in [0, 0.05) is 24.3 Å². The fourth-order valence-corrected chi connectivity index (χ4v) is 2.25. The van der Waals surface area contributed by atoms with Crippen LogP contribution in [0.5, 0.6) is 0 Å². The number of ether oxygens (including phenoxy) is 1. The summed E-state index contributed by atoms with van der Waals surface area (Å²) in [6.45, 7) is 3.14. The van der Waals surface area contributed by atoms with Crippen LogP contribution < -0.4 is 4.90 Å². The Morgan fingerprint density at radius 2 is 1.81 bits per heavy atom. The van der Waals surface area contributed by atoms with E-state index in [0.29, 0.717) is 0 Å². The van der Waals surface area contributed by atoms with Crippen LogP contribution in [0.3, 0.4) is 0 Å². The number of nitrogens with zero attached hydrogens (tertiary/aromatic N) is 3. The molecule has 1 aromatic heterocycles. The normalized spacial score (nSPS) is 15.6. The van der Waals surface area contributed by atoms with Gasteiger partial charge in [0.15, 0.2) is 0 Å². The number of morpholine rings is 1. The van der Waals surface area contributed by atoms with Gasteiger partial charge in [-0.1, -0.05) is 29.8 Å². The molecule has 0 atom stereocenters. The van der Waals surface area contributed by atoms with Crippen LogP contribution in [-0.4, -0.2) is 36.3 Å². The molecule has 1 aromatic carbocycles. The van der Waals surface area contributed by atoms with Crippen molar-refractivity contribution in [1.29, 1.82) is 0 Å². The second kappa shape index (κ2) is 6.70. The van der Waals surface area contributed by atoms with E-state index in [1.165, 1.54) is 0 Å². The van der Waals surface area contributed by atoms with Crippen molar-refractivity contribution in [2.24, 2.45) is 0 Å². The molecule has 108 valence electrons. The number of hydrogen-bond acceptors (Lipinski definition) is 4. The van der Waals surface area contributed by atoms with Crippen molar-refractivity contribution in [2.45, 2.75) is 0 Å². The number of halogens is 1. The lowest BCUT2D eigenvalue weighted by Gasteiger charge is -2.26. The van der Waals surface area contributed by atoms with Gasteiger partial charge in [-0.2, -0.15) is 0 Å². The molecule has 3 rings (SSSR count). The van der Waals surface area contributed by atoms with E-state index >= 15 is 0 Å². The third kappa shape index (κ3) is 3.80. The number of benzene rings is 1. The quantitative estimate of drug-likeness (QED) is 0.873. The summed E-state index contributed by atoms with van der Waals surface area (Å²) in [5.74, 6) is 0.761. The lowest BCUT2D eigenvalue weighted by Crippen LogP contribution is -2.37. The van der Waals surface area contributed by atoms with Crippen LogP contribution >= 0.6 is 11.6 Å². The number of anilines is 1. The molecule has 0 spiro atoms.